The molecule has 1 N–H and O–H groups in total. The van der Waals surface area contributed by atoms with Gasteiger partial charge in [0.1, 0.15) is 17.1 Å². The molecule has 2 aromatic rings. The SMILES string of the molecule is COc1ccccc1CCNC(=O)c1cnoc1C. The van der Waals surface area contributed by atoms with Crippen LogP contribution < -0.4 is 10.1 Å². The van der Waals surface area contributed by atoms with Gasteiger partial charge in [0, 0.05) is 6.54 Å². The predicted octanol–water partition coefficient (Wildman–Crippen LogP) is 1.96. The highest BCUT2D eigenvalue weighted by atomic mass is 16.5. The fourth-order valence-corrected chi connectivity index (χ4v) is 1.83. The number of aromatic nitrogens is 1. The summed E-state index contributed by atoms with van der Waals surface area (Å²) >= 11 is 0. The second-order valence-corrected chi connectivity index (χ2v) is 4.11. The lowest BCUT2D eigenvalue weighted by atomic mass is 10.1. The van der Waals surface area contributed by atoms with E-state index in [0.717, 1.165) is 11.3 Å². The largest absolute Gasteiger partial charge is 0.496 e. The quantitative estimate of drug-likeness (QED) is 0.892. The van der Waals surface area contributed by atoms with Gasteiger partial charge in [-0.3, -0.25) is 4.79 Å². The molecule has 0 aliphatic carbocycles. The van der Waals surface area contributed by atoms with Crippen LogP contribution in [0.4, 0.5) is 0 Å². The van der Waals surface area contributed by atoms with Gasteiger partial charge >= 0.3 is 0 Å². The van der Waals surface area contributed by atoms with Crippen molar-refractivity contribution in [3.8, 4) is 5.75 Å². The Labute approximate surface area is 111 Å². The van der Waals surface area contributed by atoms with Crippen LogP contribution in [0.5, 0.6) is 5.75 Å². The third-order valence-electron chi connectivity index (χ3n) is 2.87. The van der Waals surface area contributed by atoms with E-state index in [0.29, 0.717) is 24.3 Å². The second-order valence-electron chi connectivity index (χ2n) is 4.11. The molecule has 0 atom stereocenters. The molecule has 19 heavy (non-hydrogen) atoms. The van der Waals surface area contributed by atoms with Crippen molar-refractivity contribution in [2.24, 2.45) is 0 Å². The molecule has 5 nitrogen and oxygen atoms in total. The van der Waals surface area contributed by atoms with Crippen molar-refractivity contribution in [1.82, 2.24) is 10.5 Å². The molecule has 0 saturated carbocycles. The van der Waals surface area contributed by atoms with E-state index in [1.165, 1.54) is 6.20 Å². The number of ether oxygens (including phenoxy) is 1. The van der Waals surface area contributed by atoms with Crippen molar-refractivity contribution in [1.29, 1.82) is 0 Å². The lowest BCUT2D eigenvalue weighted by Gasteiger charge is -2.08. The molecule has 1 aromatic carbocycles. The molecule has 1 amide bonds. The highest BCUT2D eigenvalue weighted by Crippen LogP contribution is 2.17. The third kappa shape index (κ3) is 3.13. The molecule has 0 aliphatic rings. The van der Waals surface area contributed by atoms with E-state index in [2.05, 4.69) is 10.5 Å². The Morgan fingerprint density at radius 1 is 1.42 bits per heavy atom. The first-order chi connectivity index (χ1) is 9.22. The highest BCUT2D eigenvalue weighted by Gasteiger charge is 2.12. The van der Waals surface area contributed by atoms with Crippen LogP contribution in [0.25, 0.3) is 0 Å². The van der Waals surface area contributed by atoms with Gasteiger partial charge in [-0.15, -0.1) is 0 Å². The van der Waals surface area contributed by atoms with Gasteiger partial charge < -0.3 is 14.6 Å². The second kappa shape index (κ2) is 6.04. The Hall–Kier alpha value is -2.30. The number of methoxy groups -OCH3 is 1. The molecule has 1 heterocycles. The van der Waals surface area contributed by atoms with Crippen molar-refractivity contribution in [2.75, 3.05) is 13.7 Å². The van der Waals surface area contributed by atoms with Crippen molar-refractivity contribution >= 4 is 5.91 Å². The predicted molar refractivity (Wildman–Crippen MR) is 70.3 cm³/mol. The first kappa shape index (κ1) is 13.1. The number of hydrogen-bond acceptors (Lipinski definition) is 4. The number of nitrogens with zero attached hydrogens (tertiary/aromatic N) is 1. The Morgan fingerprint density at radius 3 is 2.89 bits per heavy atom. The average Bonchev–Trinajstić information content (AvgIpc) is 2.85. The summed E-state index contributed by atoms with van der Waals surface area (Å²) in [6.45, 7) is 2.24. The monoisotopic (exact) mass is 260 g/mol. The number of carbonyl (C=O) groups excluding carboxylic acids is 1. The Balaban J connectivity index is 1.90. The molecule has 0 radical (unpaired) electrons. The first-order valence-corrected chi connectivity index (χ1v) is 6.03. The van der Waals surface area contributed by atoms with Gasteiger partial charge in [0.15, 0.2) is 0 Å². The molecule has 2 rings (SSSR count). The summed E-state index contributed by atoms with van der Waals surface area (Å²) in [5, 5.41) is 6.41. The van der Waals surface area contributed by atoms with Crippen molar-refractivity contribution in [2.45, 2.75) is 13.3 Å². The number of amides is 1. The fourth-order valence-electron chi connectivity index (χ4n) is 1.83. The third-order valence-corrected chi connectivity index (χ3v) is 2.87. The number of aryl methyl sites for hydroxylation is 1. The van der Waals surface area contributed by atoms with Crippen LogP contribution in [-0.4, -0.2) is 24.7 Å². The van der Waals surface area contributed by atoms with Gasteiger partial charge in [0.05, 0.1) is 13.3 Å². The maximum Gasteiger partial charge on any atom is 0.256 e. The molecule has 0 bridgehead atoms. The number of rotatable bonds is 5. The van der Waals surface area contributed by atoms with Crippen molar-refractivity contribution < 1.29 is 14.1 Å². The van der Waals surface area contributed by atoms with E-state index in [9.17, 15) is 4.79 Å². The number of carbonyl (C=O) groups is 1. The lowest BCUT2D eigenvalue weighted by molar-refractivity contribution is 0.0952. The van der Waals surface area contributed by atoms with E-state index in [1.807, 2.05) is 24.3 Å². The van der Waals surface area contributed by atoms with Gasteiger partial charge in [-0.1, -0.05) is 23.4 Å². The molecule has 0 saturated heterocycles. The number of benzene rings is 1. The van der Waals surface area contributed by atoms with Gasteiger partial charge in [0.2, 0.25) is 0 Å². The summed E-state index contributed by atoms with van der Waals surface area (Å²) in [5.41, 5.74) is 1.53. The highest BCUT2D eigenvalue weighted by molar-refractivity contribution is 5.94. The number of para-hydroxylation sites is 1. The van der Waals surface area contributed by atoms with Gasteiger partial charge in [-0.25, -0.2) is 0 Å². The number of nitrogens with one attached hydrogen (secondary N) is 1. The van der Waals surface area contributed by atoms with Crippen molar-refractivity contribution in [3.05, 3.63) is 47.3 Å². The Morgan fingerprint density at radius 2 is 2.21 bits per heavy atom. The molecule has 100 valence electrons. The molecular formula is C14H16N2O3. The van der Waals surface area contributed by atoms with Gasteiger partial charge in [-0.2, -0.15) is 0 Å². The molecule has 0 fully saturated rings. The summed E-state index contributed by atoms with van der Waals surface area (Å²) in [6, 6.07) is 7.75. The molecule has 1 aromatic heterocycles. The zero-order chi connectivity index (χ0) is 13.7. The van der Waals surface area contributed by atoms with E-state index < -0.39 is 0 Å². The van der Waals surface area contributed by atoms with E-state index >= 15 is 0 Å². The van der Waals surface area contributed by atoms with Crippen LogP contribution >= 0.6 is 0 Å². The van der Waals surface area contributed by atoms with Gasteiger partial charge in [0.25, 0.3) is 5.91 Å². The summed E-state index contributed by atoms with van der Waals surface area (Å²) in [7, 11) is 1.64. The summed E-state index contributed by atoms with van der Waals surface area (Å²) < 4.78 is 10.1. The topological polar surface area (TPSA) is 64.4 Å². The number of hydrogen-bond donors (Lipinski definition) is 1. The average molecular weight is 260 g/mol. The lowest BCUT2D eigenvalue weighted by Crippen LogP contribution is -2.25. The van der Waals surface area contributed by atoms with Crippen molar-refractivity contribution in [3.63, 3.8) is 0 Å². The van der Waals surface area contributed by atoms with Crippen LogP contribution in [0.1, 0.15) is 21.7 Å². The summed E-state index contributed by atoms with van der Waals surface area (Å²) in [5.74, 6) is 1.18. The minimum atomic E-state index is -0.173. The van der Waals surface area contributed by atoms with E-state index in [-0.39, 0.29) is 5.91 Å². The summed E-state index contributed by atoms with van der Waals surface area (Å²) in [4.78, 5) is 11.8. The minimum absolute atomic E-state index is 0.173. The minimum Gasteiger partial charge on any atom is -0.496 e. The Bertz CT molecular complexity index is 563. The van der Waals surface area contributed by atoms with Crippen LogP contribution in [0.3, 0.4) is 0 Å². The fraction of sp³-hybridized carbons (Fsp3) is 0.286. The first-order valence-electron chi connectivity index (χ1n) is 6.03. The normalized spacial score (nSPS) is 10.2. The molecule has 0 spiro atoms. The molecule has 0 aliphatic heterocycles. The standard InChI is InChI=1S/C14H16N2O3/c1-10-12(9-16-19-10)14(17)15-8-7-11-5-3-4-6-13(11)18-2/h3-6,9H,7-8H2,1-2H3,(H,15,17). The molecule has 0 unspecified atom stereocenters. The Kier molecular flexibility index (Phi) is 4.18. The van der Waals surface area contributed by atoms with Crippen LogP contribution in [0.15, 0.2) is 35.0 Å². The van der Waals surface area contributed by atoms with E-state index in [4.69, 9.17) is 9.26 Å². The van der Waals surface area contributed by atoms with Crippen LogP contribution in [0, 0.1) is 6.92 Å². The summed E-state index contributed by atoms with van der Waals surface area (Å²) in [6.07, 6.45) is 2.13. The molecule has 5 heteroatoms. The molecular weight excluding hydrogens is 244 g/mol. The smallest absolute Gasteiger partial charge is 0.256 e. The van der Waals surface area contributed by atoms with E-state index in [1.54, 1.807) is 14.0 Å². The van der Waals surface area contributed by atoms with Gasteiger partial charge in [-0.05, 0) is 25.0 Å². The van der Waals surface area contributed by atoms with Crippen LogP contribution in [0.2, 0.25) is 0 Å². The maximum atomic E-state index is 11.8. The maximum absolute atomic E-state index is 11.8. The van der Waals surface area contributed by atoms with Crippen LogP contribution in [-0.2, 0) is 6.42 Å². The zero-order valence-corrected chi connectivity index (χ0v) is 11.0. The zero-order valence-electron chi connectivity index (χ0n) is 11.0.